The summed E-state index contributed by atoms with van der Waals surface area (Å²) in [6.07, 6.45) is 3.39. The Labute approximate surface area is 93.2 Å². The van der Waals surface area contributed by atoms with Gasteiger partial charge in [0.1, 0.15) is 0 Å². The van der Waals surface area contributed by atoms with Gasteiger partial charge in [0, 0.05) is 24.5 Å². The maximum atomic E-state index is 9.57. The van der Waals surface area contributed by atoms with E-state index in [0.717, 1.165) is 5.69 Å². The average molecular weight is 216 g/mol. The van der Waals surface area contributed by atoms with Gasteiger partial charge in [0.05, 0.1) is 5.69 Å². The van der Waals surface area contributed by atoms with E-state index in [1.165, 1.54) is 6.07 Å². The number of aromatic hydroxyl groups is 2. The van der Waals surface area contributed by atoms with Crippen molar-refractivity contribution in [2.24, 2.45) is 0 Å². The van der Waals surface area contributed by atoms with Gasteiger partial charge in [-0.1, -0.05) is 12.1 Å². The fraction of sp³-hybridized carbons (Fsp3) is 0.0833. The first kappa shape index (κ1) is 10.3. The largest absolute Gasteiger partial charge is 0.504 e. The molecule has 4 heteroatoms. The van der Waals surface area contributed by atoms with E-state index < -0.39 is 0 Å². The van der Waals surface area contributed by atoms with Crippen molar-refractivity contribution < 1.29 is 10.2 Å². The fourth-order valence-electron chi connectivity index (χ4n) is 1.39. The Hall–Kier alpha value is -2.23. The molecule has 0 spiro atoms. The third-order valence-corrected chi connectivity index (χ3v) is 2.24. The normalized spacial score (nSPS) is 10.0. The number of pyridine rings is 1. The molecule has 1 heterocycles. The molecule has 82 valence electrons. The third-order valence-electron chi connectivity index (χ3n) is 2.24. The molecule has 0 aliphatic heterocycles. The summed E-state index contributed by atoms with van der Waals surface area (Å²) in [6.45, 7) is 0.436. The van der Waals surface area contributed by atoms with Crippen LogP contribution in [-0.2, 0) is 6.54 Å². The van der Waals surface area contributed by atoms with E-state index in [4.69, 9.17) is 0 Å². The fourth-order valence-corrected chi connectivity index (χ4v) is 1.39. The van der Waals surface area contributed by atoms with Gasteiger partial charge >= 0.3 is 0 Å². The van der Waals surface area contributed by atoms with Gasteiger partial charge < -0.3 is 15.5 Å². The van der Waals surface area contributed by atoms with Crippen LogP contribution in [0.15, 0.2) is 42.7 Å². The molecule has 0 unspecified atom stereocenters. The zero-order chi connectivity index (χ0) is 11.4. The molecule has 0 radical (unpaired) electrons. The molecular formula is C12H12N2O2. The molecule has 2 aromatic rings. The molecule has 3 N–H and O–H groups in total. The van der Waals surface area contributed by atoms with Crippen molar-refractivity contribution >= 4 is 5.69 Å². The van der Waals surface area contributed by atoms with E-state index in [2.05, 4.69) is 10.3 Å². The van der Waals surface area contributed by atoms with E-state index in [9.17, 15) is 10.2 Å². The smallest absolute Gasteiger partial charge is 0.162 e. The number of rotatable bonds is 3. The predicted octanol–water partition coefficient (Wildman–Crippen LogP) is 2.10. The van der Waals surface area contributed by atoms with Crippen molar-refractivity contribution in [2.45, 2.75) is 6.54 Å². The van der Waals surface area contributed by atoms with E-state index in [0.29, 0.717) is 12.1 Å². The lowest BCUT2D eigenvalue weighted by Crippen LogP contribution is -1.99. The molecule has 0 amide bonds. The number of benzene rings is 1. The van der Waals surface area contributed by atoms with E-state index in [-0.39, 0.29) is 11.5 Å². The number of phenols is 2. The molecule has 1 aromatic carbocycles. The Morgan fingerprint density at radius 3 is 2.75 bits per heavy atom. The van der Waals surface area contributed by atoms with E-state index in [1.54, 1.807) is 24.5 Å². The Kier molecular flexibility index (Phi) is 2.91. The van der Waals surface area contributed by atoms with Gasteiger partial charge in [-0.05, 0) is 18.2 Å². The van der Waals surface area contributed by atoms with Gasteiger partial charge in [-0.2, -0.15) is 0 Å². The van der Waals surface area contributed by atoms with Crippen molar-refractivity contribution in [1.29, 1.82) is 0 Å². The standard InChI is InChI=1S/C12H12N2O2/c15-11-5-1-3-9(12(11)16)7-14-10-4-2-6-13-8-10/h1-6,8,14-16H,7H2. The van der Waals surface area contributed by atoms with Gasteiger partial charge in [0.15, 0.2) is 11.5 Å². The number of phenolic OH excluding ortho intramolecular Hbond substituents is 2. The minimum absolute atomic E-state index is 0.0844. The zero-order valence-electron chi connectivity index (χ0n) is 8.59. The maximum absolute atomic E-state index is 9.57. The van der Waals surface area contributed by atoms with Crippen LogP contribution in [0.1, 0.15) is 5.56 Å². The van der Waals surface area contributed by atoms with Crippen LogP contribution in [0.4, 0.5) is 5.69 Å². The molecule has 2 rings (SSSR count). The van der Waals surface area contributed by atoms with Crippen LogP contribution in [0.5, 0.6) is 11.5 Å². The van der Waals surface area contributed by atoms with Crippen LogP contribution in [0.3, 0.4) is 0 Å². The van der Waals surface area contributed by atoms with Gasteiger partial charge in [-0.3, -0.25) is 4.98 Å². The molecule has 0 atom stereocenters. The summed E-state index contributed by atoms with van der Waals surface area (Å²) in [5, 5.41) is 22.0. The quantitative estimate of drug-likeness (QED) is 0.687. The Bertz CT molecular complexity index is 472. The zero-order valence-corrected chi connectivity index (χ0v) is 8.59. The number of nitrogens with zero attached hydrogens (tertiary/aromatic N) is 1. The summed E-state index contributed by atoms with van der Waals surface area (Å²) >= 11 is 0. The molecule has 0 aliphatic rings. The topological polar surface area (TPSA) is 65.4 Å². The summed E-state index contributed by atoms with van der Waals surface area (Å²) in [4.78, 5) is 3.96. The van der Waals surface area contributed by atoms with Crippen LogP contribution in [-0.4, -0.2) is 15.2 Å². The predicted molar refractivity (Wildman–Crippen MR) is 61.3 cm³/mol. The second kappa shape index (κ2) is 4.53. The highest BCUT2D eigenvalue weighted by atomic mass is 16.3. The van der Waals surface area contributed by atoms with Crippen LogP contribution < -0.4 is 5.32 Å². The molecule has 4 nitrogen and oxygen atoms in total. The van der Waals surface area contributed by atoms with Gasteiger partial charge in [0.25, 0.3) is 0 Å². The van der Waals surface area contributed by atoms with Crippen LogP contribution >= 0.6 is 0 Å². The monoisotopic (exact) mass is 216 g/mol. The third kappa shape index (κ3) is 2.23. The summed E-state index contributed by atoms with van der Waals surface area (Å²) in [6, 6.07) is 8.59. The maximum Gasteiger partial charge on any atom is 0.162 e. The molecule has 0 aliphatic carbocycles. The number of para-hydroxylation sites is 1. The number of nitrogens with one attached hydrogen (secondary N) is 1. The minimum atomic E-state index is -0.106. The van der Waals surface area contributed by atoms with E-state index in [1.807, 2.05) is 12.1 Å². The van der Waals surface area contributed by atoms with Crippen LogP contribution in [0.2, 0.25) is 0 Å². The van der Waals surface area contributed by atoms with Gasteiger partial charge in [0.2, 0.25) is 0 Å². The molecule has 16 heavy (non-hydrogen) atoms. The van der Waals surface area contributed by atoms with Crippen LogP contribution in [0, 0.1) is 0 Å². The van der Waals surface area contributed by atoms with Gasteiger partial charge in [-0.15, -0.1) is 0 Å². The highest BCUT2D eigenvalue weighted by Gasteiger charge is 2.04. The van der Waals surface area contributed by atoms with E-state index >= 15 is 0 Å². The van der Waals surface area contributed by atoms with Crippen LogP contribution in [0.25, 0.3) is 0 Å². The summed E-state index contributed by atoms with van der Waals surface area (Å²) in [5.74, 6) is -0.190. The second-order valence-electron chi connectivity index (χ2n) is 3.38. The summed E-state index contributed by atoms with van der Waals surface area (Å²) < 4.78 is 0. The minimum Gasteiger partial charge on any atom is -0.504 e. The number of hydrogen-bond acceptors (Lipinski definition) is 4. The Morgan fingerprint density at radius 1 is 1.12 bits per heavy atom. The van der Waals surface area contributed by atoms with Crippen molar-refractivity contribution in [3.05, 3.63) is 48.3 Å². The highest BCUT2D eigenvalue weighted by Crippen LogP contribution is 2.28. The first-order valence-electron chi connectivity index (χ1n) is 4.91. The first-order valence-corrected chi connectivity index (χ1v) is 4.91. The van der Waals surface area contributed by atoms with Gasteiger partial charge in [-0.25, -0.2) is 0 Å². The highest BCUT2D eigenvalue weighted by molar-refractivity contribution is 5.47. The summed E-state index contributed by atoms with van der Waals surface area (Å²) in [5.41, 5.74) is 1.51. The van der Waals surface area contributed by atoms with Crippen molar-refractivity contribution in [3.8, 4) is 11.5 Å². The second-order valence-corrected chi connectivity index (χ2v) is 3.38. The molecule has 0 saturated carbocycles. The average Bonchev–Trinajstić information content (AvgIpc) is 2.32. The molecule has 0 saturated heterocycles. The molecule has 1 aromatic heterocycles. The number of aromatic nitrogens is 1. The number of anilines is 1. The first-order chi connectivity index (χ1) is 7.77. The lowest BCUT2D eigenvalue weighted by Gasteiger charge is -2.08. The lowest BCUT2D eigenvalue weighted by atomic mass is 10.2. The Balaban J connectivity index is 2.08. The summed E-state index contributed by atoms with van der Waals surface area (Å²) in [7, 11) is 0. The molecule has 0 fully saturated rings. The van der Waals surface area contributed by atoms with Crippen molar-refractivity contribution in [2.75, 3.05) is 5.32 Å². The molecular weight excluding hydrogens is 204 g/mol. The SMILES string of the molecule is Oc1cccc(CNc2cccnc2)c1O. The Morgan fingerprint density at radius 2 is 2.00 bits per heavy atom. The van der Waals surface area contributed by atoms with Crippen molar-refractivity contribution in [3.63, 3.8) is 0 Å². The molecule has 0 bridgehead atoms. The number of hydrogen-bond donors (Lipinski definition) is 3. The lowest BCUT2D eigenvalue weighted by molar-refractivity contribution is 0.400. The van der Waals surface area contributed by atoms with Crippen molar-refractivity contribution in [1.82, 2.24) is 4.98 Å².